The summed E-state index contributed by atoms with van der Waals surface area (Å²) in [4.78, 5) is 0. The lowest BCUT2D eigenvalue weighted by atomic mass is 10.3. The summed E-state index contributed by atoms with van der Waals surface area (Å²) in [5.41, 5.74) is 0. The topological polar surface area (TPSA) is 49.4 Å². The van der Waals surface area contributed by atoms with Gasteiger partial charge in [-0.1, -0.05) is 12.2 Å². The van der Waals surface area contributed by atoms with Crippen molar-refractivity contribution < 1.29 is 0 Å². The molecule has 0 bridgehead atoms. The zero-order valence-electron chi connectivity index (χ0n) is 7.19. The molecule has 0 aromatic carbocycles. The van der Waals surface area contributed by atoms with E-state index in [2.05, 4.69) is 32.6 Å². The van der Waals surface area contributed by atoms with Crippen LogP contribution >= 0.6 is 0 Å². The molecule has 0 atom stereocenters. The average Bonchev–Trinajstić information content (AvgIpc) is 2.05. The minimum Gasteiger partial charge on any atom is -0.194 e. The van der Waals surface area contributed by atoms with Crippen LogP contribution in [0.4, 0.5) is 0 Å². The Morgan fingerprint density at radius 2 is 1.00 bits per heavy atom. The normalized spacial score (nSPS) is 28.0. The Bertz CT molecular complexity index is 132. The van der Waals surface area contributed by atoms with Gasteiger partial charge in [0.05, 0.1) is 26.2 Å². The molecule has 1 aliphatic heterocycles. The molecule has 0 aromatic heterocycles. The van der Waals surface area contributed by atoms with Gasteiger partial charge < -0.3 is 0 Å². The number of hydrogen-bond donors (Lipinski definition) is 0. The third kappa shape index (κ3) is 4.71. The van der Waals surface area contributed by atoms with Crippen molar-refractivity contribution in [1.29, 1.82) is 0 Å². The standard InChI is InChI=1S/C8H14N4/c1-2-4-6-10-12-8-7-11-9-5-3-1/h1-2H,3-8H2/b2-1+,11-9+,12-10+. The van der Waals surface area contributed by atoms with E-state index in [0.29, 0.717) is 13.1 Å². The van der Waals surface area contributed by atoms with Crippen molar-refractivity contribution in [3.05, 3.63) is 12.2 Å². The first kappa shape index (κ1) is 9.03. The van der Waals surface area contributed by atoms with Crippen molar-refractivity contribution >= 4 is 0 Å². The van der Waals surface area contributed by atoms with Crippen LogP contribution in [0.25, 0.3) is 0 Å². The molecule has 66 valence electrons. The summed E-state index contributed by atoms with van der Waals surface area (Å²) in [7, 11) is 0. The molecule has 0 aromatic rings. The van der Waals surface area contributed by atoms with Gasteiger partial charge in [0, 0.05) is 0 Å². The van der Waals surface area contributed by atoms with Crippen LogP contribution in [0.1, 0.15) is 12.8 Å². The fraction of sp³-hybridized carbons (Fsp3) is 0.750. The molecule has 0 saturated heterocycles. The second-order valence-corrected chi connectivity index (χ2v) is 2.51. The molecule has 0 aliphatic carbocycles. The Balaban J connectivity index is 2.30. The summed E-state index contributed by atoms with van der Waals surface area (Å²) in [5.74, 6) is 0. The Labute approximate surface area is 72.5 Å². The van der Waals surface area contributed by atoms with Crippen LogP contribution < -0.4 is 0 Å². The Kier molecular flexibility index (Phi) is 5.00. The van der Waals surface area contributed by atoms with Gasteiger partial charge >= 0.3 is 0 Å². The third-order valence-electron chi connectivity index (χ3n) is 1.46. The second kappa shape index (κ2) is 6.64. The monoisotopic (exact) mass is 166 g/mol. The average molecular weight is 166 g/mol. The van der Waals surface area contributed by atoms with Crippen molar-refractivity contribution in [3.8, 4) is 0 Å². The van der Waals surface area contributed by atoms with Gasteiger partial charge in [0.25, 0.3) is 0 Å². The van der Waals surface area contributed by atoms with Crippen molar-refractivity contribution in [2.75, 3.05) is 26.2 Å². The lowest BCUT2D eigenvalue weighted by molar-refractivity contribution is 0.777. The van der Waals surface area contributed by atoms with E-state index in [1.165, 1.54) is 0 Å². The van der Waals surface area contributed by atoms with Gasteiger partial charge in [-0.15, -0.1) is 0 Å². The summed E-state index contributed by atoms with van der Waals surface area (Å²) in [5, 5.41) is 15.8. The van der Waals surface area contributed by atoms with Crippen molar-refractivity contribution in [2.24, 2.45) is 20.5 Å². The predicted molar refractivity (Wildman–Crippen MR) is 47.6 cm³/mol. The minimum atomic E-state index is 0.674. The zero-order valence-corrected chi connectivity index (χ0v) is 7.19. The van der Waals surface area contributed by atoms with Gasteiger partial charge in [-0.25, -0.2) is 0 Å². The van der Waals surface area contributed by atoms with E-state index < -0.39 is 0 Å². The van der Waals surface area contributed by atoms with Crippen LogP contribution in [0.15, 0.2) is 32.6 Å². The van der Waals surface area contributed by atoms with E-state index in [0.717, 1.165) is 25.9 Å². The molecule has 0 spiro atoms. The molecule has 4 nitrogen and oxygen atoms in total. The van der Waals surface area contributed by atoms with Crippen LogP contribution in [0.3, 0.4) is 0 Å². The highest BCUT2D eigenvalue weighted by Crippen LogP contribution is 1.92. The van der Waals surface area contributed by atoms with Crippen molar-refractivity contribution in [3.63, 3.8) is 0 Å². The lowest BCUT2D eigenvalue weighted by Crippen LogP contribution is -1.87. The van der Waals surface area contributed by atoms with E-state index >= 15 is 0 Å². The van der Waals surface area contributed by atoms with E-state index in [-0.39, 0.29) is 0 Å². The number of rotatable bonds is 0. The van der Waals surface area contributed by atoms with Crippen molar-refractivity contribution in [1.82, 2.24) is 0 Å². The maximum absolute atomic E-state index is 3.98. The highest BCUT2D eigenvalue weighted by Gasteiger charge is 1.84. The van der Waals surface area contributed by atoms with E-state index in [1.807, 2.05) is 0 Å². The summed E-state index contributed by atoms with van der Waals surface area (Å²) < 4.78 is 0. The molecule has 0 saturated carbocycles. The Hall–Kier alpha value is -1.06. The predicted octanol–water partition coefficient (Wildman–Crippen LogP) is 2.24. The molecule has 1 aliphatic rings. The molecule has 0 amide bonds. The van der Waals surface area contributed by atoms with Crippen LogP contribution in [0.5, 0.6) is 0 Å². The summed E-state index contributed by atoms with van der Waals surface area (Å²) in [6, 6.07) is 0. The van der Waals surface area contributed by atoms with Gasteiger partial charge in [0.2, 0.25) is 0 Å². The minimum absolute atomic E-state index is 0.674. The second-order valence-electron chi connectivity index (χ2n) is 2.51. The summed E-state index contributed by atoms with van der Waals surface area (Å²) in [6.45, 7) is 2.95. The highest BCUT2D eigenvalue weighted by molar-refractivity contribution is 4.82. The number of hydrogen-bond acceptors (Lipinski definition) is 4. The van der Waals surface area contributed by atoms with Crippen LogP contribution in [-0.2, 0) is 0 Å². The Morgan fingerprint density at radius 1 is 0.583 bits per heavy atom. The first-order valence-electron chi connectivity index (χ1n) is 4.31. The zero-order chi connectivity index (χ0) is 8.49. The molecule has 4 heteroatoms. The molecule has 1 heterocycles. The van der Waals surface area contributed by atoms with Gasteiger partial charge in [-0.3, -0.25) is 0 Å². The smallest absolute Gasteiger partial charge is 0.0812 e. The van der Waals surface area contributed by atoms with Gasteiger partial charge in [0.1, 0.15) is 0 Å². The molecule has 1 rings (SSSR count). The van der Waals surface area contributed by atoms with E-state index in [9.17, 15) is 0 Å². The highest BCUT2D eigenvalue weighted by atomic mass is 15.1. The van der Waals surface area contributed by atoms with Crippen LogP contribution in [0, 0.1) is 0 Å². The SMILES string of the molecule is C1=C/CC/N=N/CC/N=N/CC/1. The molecular formula is C8H14N4. The number of nitrogens with zero attached hydrogens (tertiary/aromatic N) is 4. The van der Waals surface area contributed by atoms with Crippen molar-refractivity contribution in [2.45, 2.75) is 12.8 Å². The van der Waals surface area contributed by atoms with Gasteiger partial charge in [-0.2, -0.15) is 20.5 Å². The molecule has 12 heavy (non-hydrogen) atoms. The molecule has 0 fully saturated rings. The fourth-order valence-corrected chi connectivity index (χ4v) is 0.873. The number of azo groups is 2. The van der Waals surface area contributed by atoms with Crippen LogP contribution in [0.2, 0.25) is 0 Å². The third-order valence-corrected chi connectivity index (χ3v) is 1.46. The first-order chi connectivity index (χ1) is 6.00. The summed E-state index contributed by atoms with van der Waals surface area (Å²) in [6.07, 6.45) is 6.22. The largest absolute Gasteiger partial charge is 0.194 e. The van der Waals surface area contributed by atoms with Crippen LogP contribution in [-0.4, -0.2) is 26.2 Å². The van der Waals surface area contributed by atoms with E-state index in [4.69, 9.17) is 0 Å². The Morgan fingerprint density at radius 3 is 1.50 bits per heavy atom. The van der Waals surface area contributed by atoms with E-state index in [1.54, 1.807) is 0 Å². The quantitative estimate of drug-likeness (QED) is 0.495. The van der Waals surface area contributed by atoms with Gasteiger partial charge in [0.15, 0.2) is 0 Å². The molecule has 0 N–H and O–H groups in total. The lowest BCUT2D eigenvalue weighted by Gasteiger charge is -1.91. The fourth-order valence-electron chi connectivity index (χ4n) is 0.873. The first-order valence-corrected chi connectivity index (χ1v) is 4.31. The maximum atomic E-state index is 3.98. The summed E-state index contributed by atoms with van der Waals surface area (Å²) >= 11 is 0. The van der Waals surface area contributed by atoms with Gasteiger partial charge in [-0.05, 0) is 12.8 Å². The molecular weight excluding hydrogens is 152 g/mol. The molecule has 0 unspecified atom stereocenters. The molecule has 0 radical (unpaired) electrons. The maximum Gasteiger partial charge on any atom is 0.0812 e.